The molecule has 0 amide bonds. The number of imidazole rings is 1. The van der Waals surface area contributed by atoms with Crippen molar-refractivity contribution in [2.75, 3.05) is 7.05 Å². The highest BCUT2D eigenvalue weighted by molar-refractivity contribution is 6.30. The molecule has 0 spiro atoms. The fourth-order valence-corrected chi connectivity index (χ4v) is 3.86. The summed E-state index contributed by atoms with van der Waals surface area (Å²) in [6, 6.07) is 14.8. The van der Waals surface area contributed by atoms with Crippen molar-refractivity contribution in [3.05, 3.63) is 82.1 Å². The SMILES string of the molecule is Cc1nc(Cl)c2n1-c1ccccc1C(c1ccccc1F)N(C)C2. The number of benzene rings is 2. The maximum atomic E-state index is 14.5. The van der Waals surface area contributed by atoms with Crippen LogP contribution >= 0.6 is 11.6 Å². The minimum atomic E-state index is -0.198. The Morgan fingerprint density at radius 1 is 1.08 bits per heavy atom. The van der Waals surface area contributed by atoms with Gasteiger partial charge in [0, 0.05) is 12.1 Å². The Labute approximate surface area is 145 Å². The maximum Gasteiger partial charge on any atom is 0.152 e. The molecule has 0 aliphatic carbocycles. The molecule has 1 unspecified atom stereocenters. The summed E-state index contributed by atoms with van der Waals surface area (Å²) >= 11 is 6.36. The monoisotopic (exact) mass is 341 g/mol. The van der Waals surface area contributed by atoms with Crippen LogP contribution in [0.25, 0.3) is 5.69 Å². The third kappa shape index (κ3) is 2.26. The summed E-state index contributed by atoms with van der Waals surface area (Å²) in [5.41, 5.74) is 3.64. The molecule has 0 saturated carbocycles. The van der Waals surface area contributed by atoms with Crippen molar-refractivity contribution in [2.24, 2.45) is 0 Å². The van der Waals surface area contributed by atoms with E-state index in [9.17, 15) is 4.39 Å². The first-order valence-corrected chi connectivity index (χ1v) is 8.23. The summed E-state index contributed by atoms with van der Waals surface area (Å²) in [6.45, 7) is 2.53. The molecule has 0 N–H and O–H groups in total. The second-order valence-corrected chi connectivity index (χ2v) is 6.49. The molecule has 3 aromatic rings. The van der Waals surface area contributed by atoms with Crippen LogP contribution in [0.15, 0.2) is 48.5 Å². The molecular weight excluding hydrogens is 325 g/mol. The van der Waals surface area contributed by atoms with Gasteiger partial charge in [0.05, 0.1) is 17.4 Å². The zero-order chi connectivity index (χ0) is 16.8. The van der Waals surface area contributed by atoms with E-state index < -0.39 is 0 Å². The van der Waals surface area contributed by atoms with Crippen molar-refractivity contribution in [3.63, 3.8) is 0 Å². The van der Waals surface area contributed by atoms with Crippen LogP contribution in [0, 0.1) is 12.7 Å². The summed E-state index contributed by atoms with van der Waals surface area (Å²) in [6.07, 6.45) is 0. The lowest BCUT2D eigenvalue weighted by atomic mass is 9.95. The van der Waals surface area contributed by atoms with Crippen molar-refractivity contribution in [1.82, 2.24) is 14.5 Å². The van der Waals surface area contributed by atoms with Crippen LogP contribution in [0.5, 0.6) is 0 Å². The van der Waals surface area contributed by atoms with Gasteiger partial charge < -0.3 is 0 Å². The van der Waals surface area contributed by atoms with Gasteiger partial charge in [0.1, 0.15) is 11.6 Å². The molecule has 3 nitrogen and oxygen atoms in total. The summed E-state index contributed by atoms with van der Waals surface area (Å²) < 4.78 is 16.6. The molecule has 0 radical (unpaired) electrons. The summed E-state index contributed by atoms with van der Waals surface area (Å²) in [5.74, 6) is 0.640. The summed E-state index contributed by atoms with van der Waals surface area (Å²) in [4.78, 5) is 6.52. The first kappa shape index (κ1) is 15.4. The number of aryl methyl sites for hydroxylation is 1. The van der Waals surface area contributed by atoms with Gasteiger partial charge >= 0.3 is 0 Å². The predicted octanol–water partition coefficient (Wildman–Crippen LogP) is 4.51. The second-order valence-electron chi connectivity index (χ2n) is 6.13. The van der Waals surface area contributed by atoms with E-state index in [1.807, 2.05) is 50.4 Å². The number of para-hydroxylation sites is 1. The van der Waals surface area contributed by atoms with Crippen molar-refractivity contribution in [2.45, 2.75) is 19.5 Å². The third-order valence-electron chi connectivity index (χ3n) is 4.60. The molecule has 0 fully saturated rings. The third-order valence-corrected chi connectivity index (χ3v) is 4.91. The average Bonchev–Trinajstić information content (AvgIpc) is 2.76. The molecule has 24 heavy (non-hydrogen) atoms. The van der Waals surface area contributed by atoms with Gasteiger partial charge in [0.15, 0.2) is 5.15 Å². The lowest BCUT2D eigenvalue weighted by molar-refractivity contribution is 0.267. The molecule has 1 atom stereocenters. The van der Waals surface area contributed by atoms with Crippen LogP contribution in [0.4, 0.5) is 4.39 Å². The normalized spacial score (nSPS) is 17.2. The molecule has 1 aliphatic heterocycles. The highest BCUT2D eigenvalue weighted by Gasteiger charge is 2.31. The fraction of sp³-hybridized carbons (Fsp3) is 0.211. The Balaban J connectivity index is 2.01. The molecule has 1 aromatic heterocycles. The van der Waals surface area contributed by atoms with Gasteiger partial charge in [0.25, 0.3) is 0 Å². The van der Waals surface area contributed by atoms with Crippen LogP contribution in [-0.2, 0) is 6.54 Å². The standard InChI is InChI=1S/C19H17ClFN3/c1-12-22-19(20)17-11-23(2)18(13-7-3-5-9-15(13)21)14-8-4-6-10-16(14)24(12)17/h3-10,18H,11H2,1-2H3. The predicted molar refractivity (Wildman–Crippen MR) is 93.0 cm³/mol. The van der Waals surface area contributed by atoms with E-state index in [4.69, 9.17) is 11.6 Å². The second kappa shape index (κ2) is 5.72. The van der Waals surface area contributed by atoms with Gasteiger partial charge in [-0.05, 0) is 31.7 Å². The summed E-state index contributed by atoms with van der Waals surface area (Å²) in [7, 11) is 1.99. The van der Waals surface area contributed by atoms with E-state index in [1.165, 1.54) is 6.07 Å². The molecule has 0 saturated heterocycles. The molecule has 5 heteroatoms. The van der Waals surface area contributed by atoms with Crippen molar-refractivity contribution >= 4 is 11.6 Å². The van der Waals surface area contributed by atoms with E-state index >= 15 is 0 Å². The molecule has 2 aromatic carbocycles. The minimum absolute atomic E-state index is 0.183. The molecule has 4 rings (SSSR count). The van der Waals surface area contributed by atoms with Gasteiger partial charge in [-0.3, -0.25) is 9.47 Å². The Hall–Kier alpha value is -2.17. The smallest absolute Gasteiger partial charge is 0.152 e. The van der Waals surface area contributed by atoms with Crippen LogP contribution in [0.2, 0.25) is 5.15 Å². The summed E-state index contributed by atoms with van der Waals surface area (Å²) in [5, 5.41) is 0.503. The Bertz CT molecular complexity index is 919. The lowest BCUT2D eigenvalue weighted by Gasteiger charge is -2.27. The molecule has 0 bridgehead atoms. The van der Waals surface area contributed by atoms with Crippen LogP contribution in [-0.4, -0.2) is 21.5 Å². The van der Waals surface area contributed by atoms with Crippen LogP contribution in [0.1, 0.15) is 28.7 Å². The number of hydrogen-bond donors (Lipinski definition) is 0. The quantitative estimate of drug-likeness (QED) is 0.649. The van der Waals surface area contributed by atoms with Gasteiger partial charge in [-0.15, -0.1) is 0 Å². The first-order chi connectivity index (χ1) is 11.6. The molecule has 1 aliphatic rings. The van der Waals surface area contributed by atoms with Gasteiger partial charge in [-0.1, -0.05) is 48.0 Å². The molecule has 2 heterocycles. The van der Waals surface area contributed by atoms with Gasteiger partial charge in [0.2, 0.25) is 0 Å². The Kier molecular flexibility index (Phi) is 3.66. The van der Waals surface area contributed by atoms with Crippen molar-refractivity contribution < 1.29 is 4.39 Å². The van der Waals surface area contributed by atoms with E-state index in [1.54, 1.807) is 6.07 Å². The van der Waals surface area contributed by atoms with E-state index in [-0.39, 0.29) is 11.9 Å². The number of halogens is 2. The van der Waals surface area contributed by atoms with Gasteiger partial charge in [-0.25, -0.2) is 9.37 Å². The number of fused-ring (bicyclic) bond motifs is 3. The number of aromatic nitrogens is 2. The highest BCUT2D eigenvalue weighted by atomic mass is 35.5. The van der Waals surface area contributed by atoms with E-state index in [0.29, 0.717) is 17.3 Å². The molecular formula is C19H17ClFN3. The Morgan fingerprint density at radius 2 is 1.75 bits per heavy atom. The minimum Gasteiger partial charge on any atom is -0.298 e. The zero-order valence-corrected chi connectivity index (χ0v) is 14.3. The van der Waals surface area contributed by atoms with Crippen molar-refractivity contribution in [1.29, 1.82) is 0 Å². The number of rotatable bonds is 1. The van der Waals surface area contributed by atoms with Crippen molar-refractivity contribution in [3.8, 4) is 5.69 Å². The largest absolute Gasteiger partial charge is 0.298 e. The van der Waals surface area contributed by atoms with Crippen LogP contribution in [0.3, 0.4) is 0 Å². The Morgan fingerprint density at radius 3 is 2.50 bits per heavy atom. The number of hydrogen-bond acceptors (Lipinski definition) is 2. The maximum absolute atomic E-state index is 14.5. The van der Waals surface area contributed by atoms with E-state index in [2.05, 4.69) is 14.5 Å². The topological polar surface area (TPSA) is 21.1 Å². The number of nitrogens with zero attached hydrogens (tertiary/aromatic N) is 3. The zero-order valence-electron chi connectivity index (χ0n) is 13.5. The van der Waals surface area contributed by atoms with Crippen LogP contribution < -0.4 is 0 Å². The fourth-order valence-electron chi connectivity index (χ4n) is 3.59. The molecule has 122 valence electrons. The van der Waals surface area contributed by atoms with Gasteiger partial charge in [-0.2, -0.15) is 0 Å². The first-order valence-electron chi connectivity index (χ1n) is 7.85. The average molecular weight is 342 g/mol. The lowest BCUT2D eigenvalue weighted by Crippen LogP contribution is -2.25. The highest BCUT2D eigenvalue weighted by Crippen LogP contribution is 2.39. The van der Waals surface area contributed by atoms with E-state index in [0.717, 1.165) is 22.8 Å².